The Morgan fingerprint density at radius 1 is 1.26 bits per heavy atom. The van der Waals surface area contributed by atoms with Gasteiger partial charge < -0.3 is 15.4 Å². The lowest BCUT2D eigenvalue weighted by Gasteiger charge is -2.08. The Balaban J connectivity index is 2.05. The zero-order valence-electron chi connectivity index (χ0n) is 11.0. The summed E-state index contributed by atoms with van der Waals surface area (Å²) in [6.45, 7) is 3.32. The Labute approximate surface area is 116 Å². The van der Waals surface area contributed by atoms with Gasteiger partial charge >= 0.3 is 6.01 Å². The molecule has 2 aromatic heterocycles. The molecule has 0 aromatic carbocycles. The van der Waals surface area contributed by atoms with E-state index in [-0.39, 0.29) is 0 Å². The molecule has 0 unspecified atom stereocenters. The molecule has 0 aliphatic heterocycles. The molecular formula is C12H17N5OS. The number of ether oxygens (including phenoxy) is 1. The Kier molecular flexibility index (Phi) is 4.91. The monoisotopic (exact) mass is 279 g/mol. The first-order valence-corrected chi connectivity index (χ1v) is 7.07. The van der Waals surface area contributed by atoms with Crippen LogP contribution in [-0.2, 0) is 6.54 Å². The summed E-state index contributed by atoms with van der Waals surface area (Å²) in [6, 6.07) is 2.40. The Morgan fingerprint density at radius 3 is 2.79 bits per heavy atom. The summed E-state index contributed by atoms with van der Waals surface area (Å²) in [7, 11) is 1.77. The maximum atomic E-state index is 5.44. The van der Waals surface area contributed by atoms with E-state index in [4.69, 9.17) is 4.74 Å². The maximum absolute atomic E-state index is 5.44. The molecule has 0 aliphatic carbocycles. The highest BCUT2D eigenvalue weighted by Gasteiger charge is 2.06. The molecule has 0 atom stereocenters. The van der Waals surface area contributed by atoms with E-state index in [2.05, 4.69) is 37.0 Å². The Hall–Kier alpha value is -1.89. The standard InChI is InChI=1S/C12H17N5OS/c1-3-5-18-12-16-10(13-2)15-11(17-12)14-7-9-4-6-19-8-9/h4,6,8H,3,5,7H2,1-2H3,(H2,13,14,15,16,17). The van der Waals surface area contributed by atoms with Gasteiger partial charge in [-0.2, -0.15) is 26.3 Å². The van der Waals surface area contributed by atoms with Crippen LogP contribution in [0.5, 0.6) is 6.01 Å². The van der Waals surface area contributed by atoms with Gasteiger partial charge in [0.05, 0.1) is 6.61 Å². The average Bonchev–Trinajstić information content (AvgIpc) is 2.96. The lowest BCUT2D eigenvalue weighted by Crippen LogP contribution is -2.09. The van der Waals surface area contributed by atoms with E-state index in [1.165, 1.54) is 5.56 Å². The van der Waals surface area contributed by atoms with Crippen molar-refractivity contribution in [3.05, 3.63) is 22.4 Å². The van der Waals surface area contributed by atoms with Gasteiger partial charge in [0.2, 0.25) is 11.9 Å². The van der Waals surface area contributed by atoms with Crippen molar-refractivity contribution in [3.63, 3.8) is 0 Å². The minimum absolute atomic E-state index is 0.342. The fraction of sp³-hybridized carbons (Fsp3) is 0.417. The molecular weight excluding hydrogens is 262 g/mol. The number of anilines is 2. The molecule has 2 N–H and O–H groups in total. The molecule has 2 rings (SSSR count). The molecule has 0 spiro atoms. The predicted octanol–water partition coefficient (Wildman–Crippen LogP) is 2.38. The molecule has 0 saturated heterocycles. The van der Waals surface area contributed by atoms with E-state index in [9.17, 15) is 0 Å². The van der Waals surface area contributed by atoms with E-state index in [1.807, 2.05) is 12.3 Å². The van der Waals surface area contributed by atoms with E-state index < -0.39 is 0 Å². The number of hydrogen-bond acceptors (Lipinski definition) is 7. The lowest BCUT2D eigenvalue weighted by atomic mass is 10.3. The third-order valence-corrected chi connectivity index (χ3v) is 3.04. The summed E-state index contributed by atoms with van der Waals surface area (Å²) < 4.78 is 5.44. The molecule has 102 valence electrons. The molecule has 0 aliphatic rings. The van der Waals surface area contributed by atoms with Crippen molar-refractivity contribution in [2.45, 2.75) is 19.9 Å². The Morgan fingerprint density at radius 2 is 2.11 bits per heavy atom. The molecule has 0 amide bonds. The first-order valence-electron chi connectivity index (χ1n) is 6.13. The van der Waals surface area contributed by atoms with Gasteiger partial charge in [0.1, 0.15) is 0 Å². The van der Waals surface area contributed by atoms with Gasteiger partial charge in [-0.05, 0) is 28.8 Å². The van der Waals surface area contributed by atoms with Gasteiger partial charge in [0.25, 0.3) is 0 Å². The summed E-state index contributed by atoms with van der Waals surface area (Å²) in [5.74, 6) is 1.01. The quantitative estimate of drug-likeness (QED) is 0.810. The minimum atomic E-state index is 0.342. The van der Waals surface area contributed by atoms with Gasteiger partial charge in [-0.1, -0.05) is 6.92 Å². The molecule has 6 nitrogen and oxygen atoms in total. The number of rotatable bonds is 7. The number of nitrogens with zero attached hydrogens (tertiary/aromatic N) is 3. The zero-order chi connectivity index (χ0) is 13.5. The number of hydrogen-bond donors (Lipinski definition) is 2. The number of aromatic nitrogens is 3. The number of thiophene rings is 1. The van der Waals surface area contributed by atoms with Gasteiger partial charge in [0.15, 0.2) is 0 Å². The molecule has 0 fully saturated rings. The summed E-state index contributed by atoms with van der Waals surface area (Å²) in [4.78, 5) is 12.6. The third kappa shape index (κ3) is 4.06. The SMILES string of the molecule is CCCOc1nc(NC)nc(NCc2ccsc2)n1. The highest BCUT2D eigenvalue weighted by molar-refractivity contribution is 7.07. The van der Waals surface area contributed by atoms with Crippen LogP contribution in [0.15, 0.2) is 16.8 Å². The molecule has 2 heterocycles. The number of nitrogens with one attached hydrogen (secondary N) is 2. The summed E-state index contributed by atoms with van der Waals surface area (Å²) >= 11 is 1.67. The van der Waals surface area contributed by atoms with Crippen molar-refractivity contribution < 1.29 is 4.74 Å². The third-order valence-electron chi connectivity index (χ3n) is 2.30. The van der Waals surface area contributed by atoms with Crippen LogP contribution in [0.3, 0.4) is 0 Å². The maximum Gasteiger partial charge on any atom is 0.323 e. The van der Waals surface area contributed by atoms with Gasteiger partial charge in [-0.25, -0.2) is 0 Å². The average molecular weight is 279 g/mol. The van der Waals surface area contributed by atoms with Crippen LogP contribution in [0.4, 0.5) is 11.9 Å². The van der Waals surface area contributed by atoms with E-state index >= 15 is 0 Å². The van der Waals surface area contributed by atoms with E-state index in [0.717, 1.165) is 6.42 Å². The molecule has 19 heavy (non-hydrogen) atoms. The van der Waals surface area contributed by atoms with E-state index in [0.29, 0.717) is 31.1 Å². The highest BCUT2D eigenvalue weighted by atomic mass is 32.1. The Bertz CT molecular complexity index is 503. The molecule has 0 saturated carbocycles. The van der Waals surface area contributed by atoms with Crippen molar-refractivity contribution >= 4 is 23.2 Å². The molecule has 2 aromatic rings. The van der Waals surface area contributed by atoms with Crippen LogP contribution in [0.25, 0.3) is 0 Å². The van der Waals surface area contributed by atoms with Crippen molar-refractivity contribution in [3.8, 4) is 6.01 Å². The molecule has 7 heteroatoms. The fourth-order valence-corrected chi connectivity index (χ4v) is 2.05. The fourth-order valence-electron chi connectivity index (χ4n) is 1.38. The zero-order valence-corrected chi connectivity index (χ0v) is 11.8. The van der Waals surface area contributed by atoms with Crippen molar-refractivity contribution in [2.75, 3.05) is 24.3 Å². The molecule has 0 radical (unpaired) electrons. The van der Waals surface area contributed by atoms with Crippen molar-refractivity contribution in [1.82, 2.24) is 15.0 Å². The summed E-state index contributed by atoms with van der Waals surface area (Å²) in [6.07, 6.45) is 0.915. The first-order chi connectivity index (χ1) is 9.31. The van der Waals surface area contributed by atoms with Crippen molar-refractivity contribution in [2.24, 2.45) is 0 Å². The normalized spacial score (nSPS) is 10.2. The molecule has 0 bridgehead atoms. The van der Waals surface area contributed by atoms with Crippen LogP contribution in [0.2, 0.25) is 0 Å². The first kappa shape index (κ1) is 13.5. The van der Waals surface area contributed by atoms with Crippen LogP contribution in [0, 0.1) is 0 Å². The lowest BCUT2D eigenvalue weighted by molar-refractivity contribution is 0.292. The second-order valence-electron chi connectivity index (χ2n) is 3.85. The van der Waals surface area contributed by atoms with Crippen LogP contribution in [-0.4, -0.2) is 28.6 Å². The summed E-state index contributed by atoms with van der Waals surface area (Å²) in [5, 5.41) is 10.2. The smallest absolute Gasteiger partial charge is 0.323 e. The second kappa shape index (κ2) is 6.89. The van der Waals surface area contributed by atoms with Gasteiger partial charge in [-0.15, -0.1) is 0 Å². The van der Waals surface area contributed by atoms with Gasteiger partial charge in [-0.3, -0.25) is 0 Å². The van der Waals surface area contributed by atoms with Crippen LogP contribution < -0.4 is 15.4 Å². The summed E-state index contributed by atoms with van der Waals surface area (Å²) in [5.41, 5.74) is 1.20. The van der Waals surface area contributed by atoms with Gasteiger partial charge in [0, 0.05) is 13.6 Å². The van der Waals surface area contributed by atoms with Crippen LogP contribution >= 0.6 is 11.3 Å². The highest BCUT2D eigenvalue weighted by Crippen LogP contribution is 2.13. The topological polar surface area (TPSA) is 72.0 Å². The van der Waals surface area contributed by atoms with E-state index in [1.54, 1.807) is 18.4 Å². The van der Waals surface area contributed by atoms with Crippen LogP contribution in [0.1, 0.15) is 18.9 Å². The minimum Gasteiger partial charge on any atom is -0.463 e. The second-order valence-corrected chi connectivity index (χ2v) is 4.63. The predicted molar refractivity (Wildman–Crippen MR) is 76.8 cm³/mol. The van der Waals surface area contributed by atoms with Crippen molar-refractivity contribution in [1.29, 1.82) is 0 Å². The largest absolute Gasteiger partial charge is 0.463 e.